The van der Waals surface area contributed by atoms with Crippen molar-refractivity contribution in [3.63, 3.8) is 0 Å². The molecule has 6 nitrogen and oxygen atoms in total. The Bertz CT molecular complexity index is 714. The van der Waals surface area contributed by atoms with E-state index in [0.29, 0.717) is 6.42 Å². The summed E-state index contributed by atoms with van der Waals surface area (Å²) >= 11 is 11.6. The zero-order valence-electron chi connectivity index (χ0n) is 12.3. The van der Waals surface area contributed by atoms with Gasteiger partial charge in [-0.2, -0.15) is 0 Å². The quantitative estimate of drug-likeness (QED) is 0.744. The molecule has 0 aliphatic carbocycles. The first kappa shape index (κ1) is 18.0. The maximum atomic E-state index is 12.0. The van der Waals surface area contributed by atoms with Crippen LogP contribution in [-0.2, 0) is 19.4 Å². The minimum Gasteiger partial charge on any atom is -0.452 e. The van der Waals surface area contributed by atoms with Gasteiger partial charge in [0.15, 0.2) is 16.4 Å². The number of halogens is 2. The lowest BCUT2D eigenvalue weighted by atomic mass is 10.2. The first-order valence-corrected chi connectivity index (χ1v) is 9.35. The highest BCUT2D eigenvalue weighted by atomic mass is 35.5. The van der Waals surface area contributed by atoms with Crippen LogP contribution < -0.4 is 0 Å². The summed E-state index contributed by atoms with van der Waals surface area (Å²) < 4.78 is 27.8. The summed E-state index contributed by atoms with van der Waals surface area (Å²) in [7, 11) is -1.59. The van der Waals surface area contributed by atoms with E-state index in [2.05, 4.69) is 0 Å². The Morgan fingerprint density at radius 1 is 1.26 bits per heavy atom. The lowest BCUT2D eigenvalue weighted by molar-refractivity contribution is -0.134. The topological polar surface area (TPSA) is 80.8 Å². The van der Waals surface area contributed by atoms with E-state index in [-0.39, 0.29) is 33.2 Å². The maximum absolute atomic E-state index is 12.0. The van der Waals surface area contributed by atoms with Crippen molar-refractivity contribution in [1.82, 2.24) is 4.90 Å². The number of carbonyl (C=O) groups excluding carboxylic acids is 2. The number of carbonyl (C=O) groups is 2. The highest BCUT2D eigenvalue weighted by molar-refractivity contribution is 7.91. The van der Waals surface area contributed by atoms with Gasteiger partial charge >= 0.3 is 5.97 Å². The molecule has 126 valence electrons. The second kappa shape index (κ2) is 7.07. The summed E-state index contributed by atoms with van der Waals surface area (Å²) in [5.41, 5.74) is 0.140. The Kier molecular flexibility index (Phi) is 5.54. The summed E-state index contributed by atoms with van der Waals surface area (Å²) in [6.45, 7) is -0.476. The van der Waals surface area contributed by atoms with Crippen molar-refractivity contribution in [3.8, 4) is 0 Å². The van der Waals surface area contributed by atoms with Crippen LogP contribution in [0.1, 0.15) is 16.8 Å². The molecule has 23 heavy (non-hydrogen) atoms. The Balaban J connectivity index is 1.92. The third kappa shape index (κ3) is 4.83. The van der Waals surface area contributed by atoms with Gasteiger partial charge in [0.2, 0.25) is 0 Å². The number of rotatable bonds is 4. The molecule has 0 bridgehead atoms. The average Bonchev–Trinajstić information content (AvgIpc) is 2.82. The molecular weight excluding hydrogens is 365 g/mol. The number of likely N-dealkylation sites (N-methyl/N-ethyl adjacent to an activating group) is 1. The van der Waals surface area contributed by atoms with Crippen molar-refractivity contribution >= 4 is 44.9 Å². The summed E-state index contributed by atoms with van der Waals surface area (Å²) in [5, 5.41) is 0.563. The van der Waals surface area contributed by atoms with Gasteiger partial charge in [0, 0.05) is 23.1 Å². The molecule has 1 aliphatic heterocycles. The molecule has 0 N–H and O–H groups in total. The lowest BCUT2D eigenvalue weighted by Gasteiger charge is -2.23. The molecule has 1 aromatic carbocycles. The maximum Gasteiger partial charge on any atom is 0.338 e. The van der Waals surface area contributed by atoms with Crippen molar-refractivity contribution < 1.29 is 22.7 Å². The minimum atomic E-state index is -3.09. The molecule has 1 amide bonds. The molecule has 1 aliphatic rings. The van der Waals surface area contributed by atoms with Crippen LogP contribution in [-0.4, -0.2) is 56.4 Å². The lowest BCUT2D eigenvalue weighted by Crippen LogP contribution is -2.40. The van der Waals surface area contributed by atoms with Gasteiger partial charge in [0.1, 0.15) is 0 Å². The standard InChI is InChI=1S/C14H15Cl2NO5S/c1-17(12-2-3-23(20,21)8-12)13(18)7-22-14(19)9-4-10(15)6-11(16)5-9/h4-6,12H,2-3,7-8H2,1H3/t12-/m1/s1. The zero-order valence-corrected chi connectivity index (χ0v) is 14.6. The Morgan fingerprint density at radius 3 is 2.39 bits per heavy atom. The van der Waals surface area contributed by atoms with Gasteiger partial charge in [-0.15, -0.1) is 0 Å². The van der Waals surface area contributed by atoms with E-state index in [1.807, 2.05) is 0 Å². The summed E-state index contributed by atoms with van der Waals surface area (Å²) in [6, 6.07) is 3.85. The fourth-order valence-electron chi connectivity index (χ4n) is 2.27. The normalized spacial score (nSPS) is 19.3. The number of sulfone groups is 1. The molecule has 1 fully saturated rings. The van der Waals surface area contributed by atoms with E-state index in [1.165, 1.54) is 30.1 Å². The van der Waals surface area contributed by atoms with Gasteiger partial charge in [-0.25, -0.2) is 13.2 Å². The molecule has 1 heterocycles. The van der Waals surface area contributed by atoms with Gasteiger partial charge < -0.3 is 9.64 Å². The second-order valence-electron chi connectivity index (χ2n) is 5.30. The molecule has 0 radical (unpaired) electrons. The van der Waals surface area contributed by atoms with Crippen LogP contribution >= 0.6 is 23.2 Å². The van der Waals surface area contributed by atoms with Gasteiger partial charge in [0.25, 0.3) is 5.91 Å². The molecule has 1 saturated heterocycles. The Morgan fingerprint density at radius 2 is 1.87 bits per heavy atom. The van der Waals surface area contributed by atoms with E-state index in [4.69, 9.17) is 27.9 Å². The van der Waals surface area contributed by atoms with Crippen LogP contribution in [0.5, 0.6) is 0 Å². The van der Waals surface area contributed by atoms with Crippen molar-refractivity contribution in [1.29, 1.82) is 0 Å². The molecule has 9 heteroatoms. The number of benzene rings is 1. The van der Waals surface area contributed by atoms with Crippen LogP contribution in [0.4, 0.5) is 0 Å². The van der Waals surface area contributed by atoms with Crippen molar-refractivity contribution in [2.75, 3.05) is 25.2 Å². The molecule has 1 aromatic rings. The zero-order chi connectivity index (χ0) is 17.2. The summed E-state index contributed by atoms with van der Waals surface area (Å²) in [4.78, 5) is 25.2. The van der Waals surface area contributed by atoms with E-state index in [9.17, 15) is 18.0 Å². The SMILES string of the molecule is CN(C(=O)COC(=O)c1cc(Cl)cc(Cl)c1)[C@@H]1CCS(=O)(=O)C1. The minimum absolute atomic E-state index is 0.0624. The first-order valence-electron chi connectivity index (χ1n) is 6.77. The number of hydrogen-bond donors (Lipinski definition) is 0. The molecule has 2 rings (SSSR count). The number of esters is 1. The van der Waals surface area contributed by atoms with Gasteiger partial charge in [-0.1, -0.05) is 23.2 Å². The van der Waals surface area contributed by atoms with Crippen LogP contribution in [0.25, 0.3) is 0 Å². The number of hydrogen-bond acceptors (Lipinski definition) is 5. The fraction of sp³-hybridized carbons (Fsp3) is 0.429. The van der Waals surface area contributed by atoms with Crippen LogP contribution in [0.2, 0.25) is 10.0 Å². The molecule has 1 atom stereocenters. The molecular formula is C14H15Cl2NO5S. The number of nitrogens with zero attached hydrogens (tertiary/aromatic N) is 1. The largest absolute Gasteiger partial charge is 0.452 e. The number of amides is 1. The van der Waals surface area contributed by atoms with Crippen LogP contribution in [0.15, 0.2) is 18.2 Å². The van der Waals surface area contributed by atoms with Crippen molar-refractivity contribution in [3.05, 3.63) is 33.8 Å². The monoisotopic (exact) mass is 379 g/mol. The predicted octanol–water partition coefficient (Wildman–Crippen LogP) is 1.80. The smallest absolute Gasteiger partial charge is 0.338 e. The summed E-state index contributed by atoms with van der Waals surface area (Å²) in [5.74, 6) is -1.19. The molecule has 0 saturated carbocycles. The Labute approximate surface area is 144 Å². The van der Waals surface area contributed by atoms with Gasteiger partial charge in [-0.05, 0) is 24.6 Å². The molecule has 0 aromatic heterocycles. The van der Waals surface area contributed by atoms with E-state index in [0.717, 1.165) is 0 Å². The van der Waals surface area contributed by atoms with E-state index >= 15 is 0 Å². The number of ether oxygens (including phenoxy) is 1. The van der Waals surface area contributed by atoms with Crippen LogP contribution in [0, 0.1) is 0 Å². The predicted molar refractivity (Wildman–Crippen MR) is 86.6 cm³/mol. The molecule has 0 spiro atoms. The van der Waals surface area contributed by atoms with E-state index in [1.54, 1.807) is 0 Å². The fourth-order valence-corrected chi connectivity index (χ4v) is 4.57. The Hall–Kier alpha value is -1.31. The average molecular weight is 380 g/mol. The van der Waals surface area contributed by atoms with Crippen LogP contribution in [0.3, 0.4) is 0 Å². The van der Waals surface area contributed by atoms with Gasteiger partial charge in [-0.3, -0.25) is 4.79 Å². The van der Waals surface area contributed by atoms with Crippen molar-refractivity contribution in [2.45, 2.75) is 12.5 Å². The van der Waals surface area contributed by atoms with E-state index < -0.39 is 28.3 Å². The second-order valence-corrected chi connectivity index (χ2v) is 8.40. The van der Waals surface area contributed by atoms with Crippen molar-refractivity contribution in [2.24, 2.45) is 0 Å². The molecule has 0 unspecified atom stereocenters. The highest BCUT2D eigenvalue weighted by Gasteiger charge is 2.32. The first-order chi connectivity index (χ1) is 10.7. The van der Waals surface area contributed by atoms with Gasteiger partial charge in [0.05, 0.1) is 17.1 Å². The summed E-state index contributed by atoms with van der Waals surface area (Å²) in [6.07, 6.45) is 0.391. The highest BCUT2D eigenvalue weighted by Crippen LogP contribution is 2.20. The third-order valence-corrected chi connectivity index (χ3v) is 5.76. The third-order valence-electron chi connectivity index (χ3n) is 3.57.